The van der Waals surface area contributed by atoms with Gasteiger partial charge in [0.1, 0.15) is 0 Å². The molecule has 0 saturated carbocycles. The molecule has 5 heteroatoms. The Labute approximate surface area is 109 Å². The molecule has 94 valence electrons. The van der Waals surface area contributed by atoms with Crippen LogP contribution in [0.1, 0.15) is 31.4 Å². The molecular formula is C12H16BrNO3. The lowest BCUT2D eigenvalue weighted by Gasteiger charge is -2.08. The lowest BCUT2D eigenvalue weighted by atomic mass is 10.1. The SMILES string of the molecule is CC.COc1c(Br)cc2c(c1[N+](=O)[O-])CCC2. The van der Waals surface area contributed by atoms with E-state index >= 15 is 0 Å². The summed E-state index contributed by atoms with van der Waals surface area (Å²) < 4.78 is 5.74. The van der Waals surface area contributed by atoms with Gasteiger partial charge in [0.25, 0.3) is 0 Å². The Morgan fingerprint density at radius 1 is 1.41 bits per heavy atom. The van der Waals surface area contributed by atoms with Gasteiger partial charge in [-0.05, 0) is 46.8 Å². The van der Waals surface area contributed by atoms with E-state index in [-0.39, 0.29) is 10.6 Å². The van der Waals surface area contributed by atoms with Gasteiger partial charge in [0.05, 0.1) is 16.5 Å². The molecule has 0 fully saturated rings. The van der Waals surface area contributed by atoms with Gasteiger partial charge >= 0.3 is 5.69 Å². The van der Waals surface area contributed by atoms with Crippen LogP contribution in [-0.4, -0.2) is 12.0 Å². The van der Waals surface area contributed by atoms with Crippen LogP contribution in [0.5, 0.6) is 5.75 Å². The van der Waals surface area contributed by atoms with Crippen molar-refractivity contribution in [1.29, 1.82) is 0 Å². The first-order chi connectivity index (χ1) is 8.15. The van der Waals surface area contributed by atoms with E-state index in [4.69, 9.17) is 4.74 Å². The smallest absolute Gasteiger partial charge is 0.315 e. The molecule has 0 N–H and O–H groups in total. The second kappa shape index (κ2) is 6.00. The molecule has 0 aliphatic heterocycles. The quantitative estimate of drug-likeness (QED) is 0.615. The van der Waals surface area contributed by atoms with Crippen LogP contribution in [0.15, 0.2) is 10.5 Å². The molecule has 0 amide bonds. The fraction of sp³-hybridized carbons (Fsp3) is 0.500. The first-order valence-corrected chi connectivity index (χ1v) is 6.47. The number of halogens is 1. The molecule has 0 atom stereocenters. The molecule has 0 unspecified atom stereocenters. The zero-order valence-electron chi connectivity index (χ0n) is 10.2. The van der Waals surface area contributed by atoms with E-state index in [1.807, 2.05) is 19.9 Å². The van der Waals surface area contributed by atoms with Crippen molar-refractivity contribution in [3.8, 4) is 5.75 Å². The lowest BCUT2D eigenvalue weighted by molar-refractivity contribution is -0.386. The van der Waals surface area contributed by atoms with E-state index in [9.17, 15) is 10.1 Å². The van der Waals surface area contributed by atoms with Crippen molar-refractivity contribution >= 4 is 21.6 Å². The molecular weight excluding hydrogens is 286 g/mol. The van der Waals surface area contributed by atoms with Crippen molar-refractivity contribution in [1.82, 2.24) is 0 Å². The van der Waals surface area contributed by atoms with E-state index in [0.29, 0.717) is 10.2 Å². The standard InChI is InChI=1S/C10H10BrNO3.C2H6/c1-15-10-8(11)5-6-3-2-4-7(6)9(10)12(13)14;1-2/h5H,2-4H2,1H3;1-2H3. The summed E-state index contributed by atoms with van der Waals surface area (Å²) in [5.74, 6) is 0.334. The van der Waals surface area contributed by atoms with Gasteiger partial charge in [-0.1, -0.05) is 13.8 Å². The maximum Gasteiger partial charge on any atom is 0.315 e. The zero-order chi connectivity index (χ0) is 13.0. The highest BCUT2D eigenvalue weighted by Crippen LogP contribution is 2.42. The molecule has 0 aromatic heterocycles. The van der Waals surface area contributed by atoms with Crippen molar-refractivity contribution in [2.75, 3.05) is 7.11 Å². The Bertz CT molecular complexity index is 428. The predicted octanol–water partition coefficient (Wildman–Crippen LogP) is 3.88. The van der Waals surface area contributed by atoms with Gasteiger partial charge in [-0.3, -0.25) is 10.1 Å². The predicted molar refractivity (Wildman–Crippen MR) is 70.7 cm³/mol. The molecule has 0 bridgehead atoms. The van der Waals surface area contributed by atoms with Crippen LogP contribution in [0, 0.1) is 10.1 Å². The van der Waals surface area contributed by atoms with Crippen LogP contribution in [0.2, 0.25) is 0 Å². The zero-order valence-corrected chi connectivity index (χ0v) is 11.8. The second-order valence-electron chi connectivity index (χ2n) is 3.49. The van der Waals surface area contributed by atoms with Crippen molar-refractivity contribution < 1.29 is 9.66 Å². The number of nitro groups is 1. The summed E-state index contributed by atoms with van der Waals surface area (Å²) >= 11 is 3.30. The van der Waals surface area contributed by atoms with Crippen molar-refractivity contribution in [2.45, 2.75) is 33.1 Å². The van der Waals surface area contributed by atoms with Crippen LogP contribution < -0.4 is 4.74 Å². The first-order valence-electron chi connectivity index (χ1n) is 5.67. The summed E-state index contributed by atoms with van der Waals surface area (Å²) in [5.41, 5.74) is 2.02. The topological polar surface area (TPSA) is 52.4 Å². The van der Waals surface area contributed by atoms with E-state index < -0.39 is 0 Å². The highest BCUT2D eigenvalue weighted by atomic mass is 79.9. The number of aryl methyl sites for hydroxylation is 1. The van der Waals surface area contributed by atoms with Gasteiger partial charge in [0.2, 0.25) is 5.75 Å². The largest absolute Gasteiger partial charge is 0.489 e. The minimum absolute atomic E-state index is 0.124. The highest BCUT2D eigenvalue weighted by molar-refractivity contribution is 9.10. The number of nitro benzene ring substituents is 1. The summed E-state index contributed by atoms with van der Waals surface area (Å²) in [6.45, 7) is 4.00. The number of nitrogens with zero attached hydrogens (tertiary/aromatic N) is 1. The van der Waals surface area contributed by atoms with E-state index in [0.717, 1.165) is 30.4 Å². The van der Waals surface area contributed by atoms with Crippen LogP contribution in [0.4, 0.5) is 5.69 Å². The Kier molecular flexibility index (Phi) is 4.93. The van der Waals surface area contributed by atoms with E-state index in [2.05, 4.69) is 15.9 Å². The molecule has 0 radical (unpaired) electrons. The number of hydrogen-bond acceptors (Lipinski definition) is 3. The van der Waals surface area contributed by atoms with Gasteiger partial charge in [-0.2, -0.15) is 0 Å². The molecule has 1 aliphatic rings. The summed E-state index contributed by atoms with van der Waals surface area (Å²) in [4.78, 5) is 10.6. The molecule has 0 heterocycles. The van der Waals surface area contributed by atoms with Gasteiger partial charge < -0.3 is 4.74 Å². The third kappa shape index (κ3) is 2.60. The number of benzene rings is 1. The summed E-state index contributed by atoms with van der Waals surface area (Å²) in [7, 11) is 1.45. The Morgan fingerprint density at radius 2 is 2.06 bits per heavy atom. The number of rotatable bonds is 2. The average molecular weight is 302 g/mol. The molecule has 1 aromatic rings. The fourth-order valence-corrected chi connectivity index (χ4v) is 2.68. The molecule has 0 spiro atoms. The molecule has 0 saturated heterocycles. The number of hydrogen-bond donors (Lipinski definition) is 0. The minimum atomic E-state index is -0.353. The third-order valence-electron chi connectivity index (χ3n) is 2.67. The Balaban J connectivity index is 0.000000686. The highest BCUT2D eigenvalue weighted by Gasteiger charge is 2.29. The van der Waals surface area contributed by atoms with Gasteiger partial charge in [-0.25, -0.2) is 0 Å². The van der Waals surface area contributed by atoms with Gasteiger partial charge in [0.15, 0.2) is 0 Å². The number of methoxy groups -OCH3 is 1. The van der Waals surface area contributed by atoms with Crippen molar-refractivity contribution in [3.05, 3.63) is 31.8 Å². The average Bonchev–Trinajstić information content (AvgIpc) is 2.76. The Morgan fingerprint density at radius 3 is 2.59 bits per heavy atom. The summed E-state index contributed by atoms with van der Waals surface area (Å²) in [6, 6.07) is 1.92. The van der Waals surface area contributed by atoms with Crippen LogP contribution in [-0.2, 0) is 12.8 Å². The van der Waals surface area contributed by atoms with Crippen molar-refractivity contribution in [2.24, 2.45) is 0 Å². The minimum Gasteiger partial charge on any atom is -0.489 e. The van der Waals surface area contributed by atoms with Crippen molar-refractivity contribution in [3.63, 3.8) is 0 Å². The molecule has 4 nitrogen and oxygen atoms in total. The Hall–Kier alpha value is -1.10. The number of ether oxygens (including phenoxy) is 1. The normalized spacial score (nSPS) is 12.5. The number of fused-ring (bicyclic) bond motifs is 1. The summed E-state index contributed by atoms with van der Waals surface area (Å²) in [5, 5.41) is 11.0. The monoisotopic (exact) mass is 301 g/mol. The molecule has 1 aromatic carbocycles. The molecule has 2 rings (SSSR count). The lowest BCUT2D eigenvalue weighted by Crippen LogP contribution is -1.99. The van der Waals surface area contributed by atoms with Gasteiger partial charge in [0, 0.05) is 5.56 Å². The first kappa shape index (κ1) is 14.0. The molecule has 1 aliphatic carbocycles. The maximum absolute atomic E-state index is 11.0. The van der Waals surface area contributed by atoms with E-state index in [1.165, 1.54) is 7.11 Å². The van der Waals surface area contributed by atoms with E-state index in [1.54, 1.807) is 0 Å². The van der Waals surface area contributed by atoms with Gasteiger partial charge in [-0.15, -0.1) is 0 Å². The third-order valence-corrected chi connectivity index (χ3v) is 3.26. The van der Waals surface area contributed by atoms with Crippen LogP contribution in [0.25, 0.3) is 0 Å². The summed E-state index contributed by atoms with van der Waals surface area (Å²) in [6.07, 6.45) is 2.67. The fourth-order valence-electron chi connectivity index (χ4n) is 2.05. The van der Waals surface area contributed by atoms with Crippen LogP contribution in [0.3, 0.4) is 0 Å². The molecule has 17 heavy (non-hydrogen) atoms. The van der Waals surface area contributed by atoms with Crippen LogP contribution >= 0.6 is 15.9 Å². The maximum atomic E-state index is 11.0. The second-order valence-corrected chi connectivity index (χ2v) is 4.34.